The van der Waals surface area contributed by atoms with E-state index in [2.05, 4.69) is 13.8 Å². The molecule has 2 amide bonds. The minimum absolute atomic E-state index is 0.0828. The van der Waals surface area contributed by atoms with Crippen LogP contribution in [-0.2, 0) is 0 Å². The molecule has 1 aromatic carbocycles. The summed E-state index contributed by atoms with van der Waals surface area (Å²) in [4.78, 5) is 26.1. The molecule has 1 aliphatic heterocycles. The lowest BCUT2D eigenvalue weighted by Crippen LogP contribution is -2.38. The molecule has 4 nitrogen and oxygen atoms in total. The van der Waals surface area contributed by atoms with Crippen LogP contribution in [0, 0.1) is 5.92 Å². The Morgan fingerprint density at radius 2 is 1.80 bits per heavy atom. The molecule has 0 saturated carbocycles. The Hall–Kier alpha value is -1.84. The highest BCUT2D eigenvalue weighted by atomic mass is 16.2. The summed E-state index contributed by atoms with van der Waals surface area (Å²) in [5.74, 6) is 0.175. The van der Waals surface area contributed by atoms with E-state index in [1.54, 1.807) is 18.2 Å². The van der Waals surface area contributed by atoms with Crippen molar-refractivity contribution in [3.05, 3.63) is 29.3 Å². The Morgan fingerprint density at radius 1 is 1.10 bits per heavy atom. The van der Waals surface area contributed by atoms with Crippen molar-refractivity contribution in [3.63, 3.8) is 0 Å². The molecule has 1 heterocycles. The van der Waals surface area contributed by atoms with Crippen LogP contribution in [0.2, 0.25) is 0 Å². The van der Waals surface area contributed by atoms with E-state index < -0.39 is 0 Å². The molecule has 0 saturated heterocycles. The summed E-state index contributed by atoms with van der Waals surface area (Å²) in [5, 5.41) is 0. The number of nitrogen functional groups attached to an aromatic ring is 1. The van der Waals surface area contributed by atoms with Crippen molar-refractivity contribution >= 4 is 17.5 Å². The van der Waals surface area contributed by atoms with Crippen LogP contribution < -0.4 is 5.73 Å². The largest absolute Gasteiger partial charge is 0.398 e. The standard InChI is InChI=1S/C16H22N2O2/c1-10(2)6-4-7-11(3)18-15(19)12-8-5-9-13(17)14(12)16(18)20/h5,8-11H,4,6-7,17H2,1-3H3. The fourth-order valence-corrected chi connectivity index (χ4v) is 2.68. The second-order valence-electron chi connectivity index (χ2n) is 5.92. The van der Waals surface area contributed by atoms with Crippen molar-refractivity contribution in [2.24, 2.45) is 5.92 Å². The quantitative estimate of drug-likeness (QED) is 0.663. The van der Waals surface area contributed by atoms with Crippen LogP contribution in [0.5, 0.6) is 0 Å². The molecule has 0 aliphatic carbocycles. The van der Waals surface area contributed by atoms with Crippen LogP contribution in [0.4, 0.5) is 5.69 Å². The lowest BCUT2D eigenvalue weighted by Gasteiger charge is -2.22. The molecule has 0 aromatic heterocycles. The summed E-state index contributed by atoms with van der Waals surface area (Å²) in [6.07, 6.45) is 2.96. The lowest BCUT2D eigenvalue weighted by molar-refractivity contribution is 0.0588. The zero-order valence-corrected chi connectivity index (χ0v) is 12.3. The maximum atomic E-state index is 12.4. The molecular formula is C16H22N2O2. The van der Waals surface area contributed by atoms with Crippen molar-refractivity contribution < 1.29 is 9.59 Å². The molecule has 2 rings (SSSR count). The summed E-state index contributed by atoms with van der Waals surface area (Å²) < 4.78 is 0. The number of anilines is 1. The first kappa shape index (κ1) is 14.6. The second kappa shape index (κ2) is 5.65. The zero-order chi connectivity index (χ0) is 14.9. The van der Waals surface area contributed by atoms with Crippen LogP contribution >= 0.6 is 0 Å². The normalized spacial score (nSPS) is 15.9. The van der Waals surface area contributed by atoms with Crippen LogP contribution in [0.15, 0.2) is 18.2 Å². The number of nitrogens with zero attached hydrogens (tertiary/aromatic N) is 1. The monoisotopic (exact) mass is 274 g/mol. The number of amides is 2. The summed E-state index contributed by atoms with van der Waals surface area (Å²) in [6, 6.07) is 4.97. The minimum atomic E-state index is -0.250. The molecular weight excluding hydrogens is 252 g/mol. The number of fused-ring (bicyclic) bond motifs is 1. The van der Waals surface area contributed by atoms with Gasteiger partial charge < -0.3 is 5.73 Å². The Balaban J connectivity index is 2.14. The third-order valence-electron chi connectivity index (χ3n) is 3.82. The summed E-state index contributed by atoms with van der Waals surface area (Å²) in [7, 11) is 0. The average Bonchev–Trinajstić information content (AvgIpc) is 2.62. The van der Waals surface area contributed by atoms with Gasteiger partial charge in [0.15, 0.2) is 0 Å². The van der Waals surface area contributed by atoms with Gasteiger partial charge in [0.1, 0.15) is 0 Å². The maximum absolute atomic E-state index is 12.4. The van der Waals surface area contributed by atoms with Gasteiger partial charge in [-0.2, -0.15) is 0 Å². The molecule has 0 bridgehead atoms. The smallest absolute Gasteiger partial charge is 0.263 e. The molecule has 1 atom stereocenters. The van der Waals surface area contributed by atoms with Gasteiger partial charge in [-0.3, -0.25) is 14.5 Å². The van der Waals surface area contributed by atoms with Gasteiger partial charge in [0.25, 0.3) is 11.8 Å². The van der Waals surface area contributed by atoms with Gasteiger partial charge in [-0.25, -0.2) is 0 Å². The van der Waals surface area contributed by atoms with Crippen LogP contribution in [0.3, 0.4) is 0 Å². The highest BCUT2D eigenvalue weighted by molar-refractivity contribution is 6.23. The third-order valence-corrected chi connectivity index (χ3v) is 3.82. The van der Waals surface area contributed by atoms with Crippen molar-refractivity contribution in [1.82, 2.24) is 4.90 Å². The molecule has 1 aliphatic rings. The molecule has 1 unspecified atom stereocenters. The Labute approximate surface area is 119 Å². The van der Waals surface area contributed by atoms with Crippen LogP contribution in [0.25, 0.3) is 0 Å². The molecule has 4 heteroatoms. The summed E-state index contributed by atoms with van der Waals surface area (Å²) in [5.41, 5.74) is 7.02. The minimum Gasteiger partial charge on any atom is -0.398 e. The van der Waals surface area contributed by atoms with Crippen LogP contribution in [-0.4, -0.2) is 22.8 Å². The van der Waals surface area contributed by atoms with Gasteiger partial charge in [-0.1, -0.05) is 32.8 Å². The molecule has 20 heavy (non-hydrogen) atoms. The van der Waals surface area contributed by atoms with E-state index in [1.165, 1.54) is 4.90 Å². The molecule has 108 valence electrons. The number of rotatable bonds is 5. The molecule has 1 aromatic rings. The number of carbonyl (C=O) groups excluding carboxylic acids is 2. The van der Waals surface area contributed by atoms with Gasteiger partial charge in [-0.05, 0) is 31.4 Å². The first-order valence-electron chi connectivity index (χ1n) is 7.19. The van der Waals surface area contributed by atoms with Crippen LogP contribution in [0.1, 0.15) is 60.7 Å². The maximum Gasteiger partial charge on any atom is 0.263 e. The van der Waals surface area contributed by atoms with Gasteiger partial charge >= 0.3 is 0 Å². The fourth-order valence-electron chi connectivity index (χ4n) is 2.68. The van der Waals surface area contributed by atoms with Gasteiger partial charge in [0, 0.05) is 11.7 Å². The Bertz CT molecular complexity index is 537. The predicted molar refractivity (Wildman–Crippen MR) is 79.5 cm³/mol. The van der Waals surface area contributed by atoms with E-state index >= 15 is 0 Å². The van der Waals surface area contributed by atoms with E-state index in [0.29, 0.717) is 22.7 Å². The number of nitrogens with two attached hydrogens (primary N) is 1. The lowest BCUT2D eigenvalue weighted by atomic mass is 10.0. The highest BCUT2D eigenvalue weighted by Crippen LogP contribution is 2.30. The van der Waals surface area contributed by atoms with E-state index in [0.717, 1.165) is 19.3 Å². The Kier molecular flexibility index (Phi) is 4.12. The van der Waals surface area contributed by atoms with Crippen molar-refractivity contribution in [2.75, 3.05) is 5.73 Å². The summed E-state index contributed by atoms with van der Waals surface area (Å²) >= 11 is 0. The summed E-state index contributed by atoms with van der Waals surface area (Å²) in [6.45, 7) is 6.28. The van der Waals surface area contributed by atoms with E-state index in [1.807, 2.05) is 6.92 Å². The second-order valence-corrected chi connectivity index (χ2v) is 5.92. The van der Waals surface area contributed by atoms with Gasteiger partial charge in [0.2, 0.25) is 0 Å². The number of carbonyl (C=O) groups is 2. The topological polar surface area (TPSA) is 63.4 Å². The molecule has 2 N–H and O–H groups in total. The van der Waals surface area contributed by atoms with Crippen molar-refractivity contribution in [1.29, 1.82) is 0 Å². The zero-order valence-electron chi connectivity index (χ0n) is 12.3. The van der Waals surface area contributed by atoms with E-state index in [-0.39, 0.29) is 17.9 Å². The predicted octanol–water partition coefficient (Wildman–Crippen LogP) is 3.08. The van der Waals surface area contributed by atoms with Gasteiger partial charge in [0.05, 0.1) is 11.1 Å². The first-order chi connectivity index (χ1) is 9.43. The first-order valence-corrected chi connectivity index (χ1v) is 7.19. The SMILES string of the molecule is CC(C)CCCC(C)N1C(=O)c2cccc(N)c2C1=O. The fraction of sp³-hybridized carbons (Fsp3) is 0.500. The van der Waals surface area contributed by atoms with Gasteiger partial charge in [-0.15, -0.1) is 0 Å². The third kappa shape index (κ3) is 2.55. The number of benzene rings is 1. The molecule has 0 spiro atoms. The molecule has 0 fully saturated rings. The molecule has 0 radical (unpaired) electrons. The number of hydrogen-bond donors (Lipinski definition) is 1. The van der Waals surface area contributed by atoms with E-state index in [4.69, 9.17) is 5.73 Å². The number of imide groups is 1. The Morgan fingerprint density at radius 3 is 2.40 bits per heavy atom. The highest BCUT2D eigenvalue weighted by Gasteiger charge is 2.39. The van der Waals surface area contributed by atoms with Crippen molar-refractivity contribution in [3.8, 4) is 0 Å². The van der Waals surface area contributed by atoms with E-state index in [9.17, 15) is 9.59 Å². The number of hydrogen-bond acceptors (Lipinski definition) is 3. The van der Waals surface area contributed by atoms with Crippen molar-refractivity contribution in [2.45, 2.75) is 46.1 Å². The average molecular weight is 274 g/mol.